The second-order valence-corrected chi connectivity index (χ2v) is 4.89. The number of rotatable bonds is 3. The number of nitriles is 1. The van der Waals surface area contributed by atoms with Gasteiger partial charge in [-0.15, -0.1) is 0 Å². The van der Waals surface area contributed by atoms with Gasteiger partial charge in [0.15, 0.2) is 0 Å². The van der Waals surface area contributed by atoms with E-state index in [4.69, 9.17) is 21.1 Å². The van der Waals surface area contributed by atoms with Crippen LogP contribution in [0.4, 0.5) is 0 Å². The number of nitrogens with one attached hydrogen (secondary N) is 1. The van der Waals surface area contributed by atoms with Crippen LogP contribution in [0.25, 0.3) is 6.08 Å². The fraction of sp³-hybridized carbons (Fsp3) is 0.143. The molecule has 0 saturated heterocycles. The standard InChI is InChI=1S/C14H13N3OS/c1-2-18-10-5-3-9(4-6-10)7-12-13(16)11(8-15)14(17)19-12/h3-7,17H,2,16H2,1H3. The van der Waals surface area contributed by atoms with Gasteiger partial charge in [0.2, 0.25) is 0 Å². The van der Waals surface area contributed by atoms with Crippen LogP contribution in [0.15, 0.2) is 40.4 Å². The maximum Gasteiger partial charge on any atom is 0.119 e. The van der Waals surface area contributed by atoms with Gasteiger partial charge in [0.05, 0.1) is 12.3 Å². The SMILES string of the molecule is CCOc1ccc(C=C2SC(=N)C(C#N)=C2N)cc1. The Labute approximate surface area is 116 Å². The van der Waals surface area contributed by atoms with E-state index in [0.717, 1.165) is 16.2 Å². The highest BCUT2D eigenvalue weighted by Crippen LogP contribution is 2.36. The third-order valence-corrected chi connectivity index (χ3v) is 3.54. The predicted octanol–water partition coefficient (Wildman–Crippen LogP) is 2.89. The lowest BCUT2D eigenvalue weighted by Crippen LogP contribution is -1.98. The number of thioether (sulfide) groups is 1. The normalized spacial score (nSPS) is 16.8. The maximum atomic E-state index is 8.90. The number of hydrogen-bond donors (Lipinski definition) is 2. The zero-order valence-corrected chi connectivity index (χ0v) is 11.3. The minimum Gasteiger partial charge on any atom is -0.494 e. The molecule has 1 aliphatic rings. The molecule has 1 aromatic rings. The Kier molecular flexibility index (Phi) is 3.93. The van der Waals surface area contributed by atoms with Gasteiger partial charge in [-0.2, -0.15) is 5.26 Å². The van der Waals surface area contributed by atoms with Crippen molar-refractivity contribution < 1.29 is 4.74 Å². The Bertz CT molecular complexity index is 609. The second-order valence-electron chi connectivity index (χ2n) is 3.84. The Morgan fingerprint density at radius 1 is 1.42 bits per heavy atom. The van der Waals surface area contributed by atoms with Crippen LogP contribution in [-0.4, -0.2) is 11.7 Å². The van der Waals surface area contributed by atoms with Gasteiger partial charge in [0.25, 0.3) is 0 Å². The Morgan fingerprint density at radius 2 is 2.11 bits per heavy atom. The van der Waals surface area contributed by atoms with Gasteiger partial charge in [-0.3, -0.25) is 5.41 Å². The summed E-state index contributed by atoms with van der Waals surface area (Å²) in [5, 5.41) is 16.8. The number of benzene rings is 1. The predicted molar refractivity (Wildman–Crippen MR) is 77.7 cm³/mol. The lowest BCUT2D eigenvalue weighted by molar-refractivity contribution is 0.340. The van der Waals surface area contributed by atoms with Crippen molar-refractivity contribution in [1.82, 2.24) is 0 Å². The zero-order valence-electron chi connectivity index (χ0n) is 10.4. The third-order valence-electron chi connectivity index (χ3n) is 2.57. The van der Waals surface area contributed by atoms with Crippen LogP contribution in [0.2, 0.25) is 0 Å². The smallest absolute Gasteiger partial charge is 0.119 e. The first-order valence-electron chi connectivity index (χ1n) is 5.77. The molecule has 96 valence electrons. The summed E-state index contributed by atoms with van der Waals surface area (Å²) < 4.78 is 5.37. The first-order valence-corrected chi connectivity index (χ1v) is 6.59. The van der Waals surface area contributed by atoms with Crippen molar-refractivity contribution in [2.24, 2.45) is 5.73 Å². The first-order chi connectivity index (χ1) is 9.15. The fourth-order valence-electron chi connectivity index (χ4n) is 1.66. The lowest BCUT2D eigenvalue weighted by Gasteiger charge is -2.03. The summed E-state index contributed by atoms with van der Waals surface area (Å²) >= 11 is 1.21. The van der Waals surface area contributed by atoms with Crippen LogP contribution in [0.3, 0.4) is 0 Å². The van der Waals surface area contributed by atoms with Crippen molar-refractivity contribution in [2.75, 3.05) is 6.61 Å². The van der Waals surface area contributed by atoms with Gasteiger partial charge in [0.1, 0.15) is 22.4 Å². The van der Waals surface area contributed by atoms with Gasteiger partial charge in [-0.1, -0.05) is 23.9 Å². The van der Waals surface area contributed by atoms with Crippen LogP contribution in [-0.2, 0) is 0 Å². The molecule has 2 rings (SSSR count). The van der Waals surface area contributed by atoms with E-state index in [1.54, 1.807) is 0 Å². The van der Waals surface area contributed by atoms with Gasteiger partial charge in [-0.25, -0.2) is 0 Å². The van der Waals surface area contributed by atoms with E-state index in [-0.39, 0.29) is 10.6 Å². The Balaban J connectivity index is 2.26. The average molecular weight is 271 g/mol. The van der Waals surface area contributed by atoms with E-state index in [0.29, 0.717) is 12.3 Å². The molecule has 1 aliphatic heterocycles. The molecular weight excluding hydrogens is 258 g/mol. The summed E-state index contributed by atoms with van der Waals surface area (Å²) in [6.07, 6.45) is 1.87. The minimum atomic E-state index is 0.206. The molecule has 0 amide bonds. The van der Waals surface area contributed by atoms with Crippen molar-refractivity contribution >= 4 is 22.9 Å². The van der Waals surface area contributed by atoms with Crippen LogP contribution >= 0.6 is 11.8 Å². The summed E-state index contributed by atoms with van der Waals surface area (Å²) in [5.74, 6) is 0.817. The van der Waals surface area contributed by atoms with E-state index in [1.807, 2.05) is 43.3 Å². The molecule has 3 N–H and O–H groups in total. The number of hydrogen-bond acceptors (Lipinski definition) is 5. The van der Waals surface area contributed by atoms with E-state index >= 15 is 0 Å². The summed E-state index contributed by atoms with van der Waals surface area (Å²) in [6, 6.07) is 9.55. The quantitative estimate of drug-likeness (QED) is 0.885. The molecule has 4 nitrogen and oxygen atoms in total. The molecule has 0 atom stereocenters. The topological polar surface area (TPSA) is 82.9 Å². The summed E-state index contributed by atoms with van der Waals surface area (Å²) in [7, 11) is 0. The van der Waals surface area contributed by atoms with Gasteiger partial charge in [-0.05, 0) is 30.7 Å². The molecule has 0 unspecified atom stereocenters. The summed E-state index contributed by atoms with van der Waals surface area (Å²) in [5.41, 5.74) is 7.44. The number of nitrogens with two attached hydrogens (primary N) is 1. The Morgan fingerprint density at radius 3 is 2.63 bits per heavy atom. The minimum absolute atomic E-state index is 0.206. The zero-order chi connectivity index (χ0) is 13.8. The highest BCUT2D eigenvalue weighted by Gasteiger charge is 2.23. The van der Waals surface area contributed by atoms with Crippen molar-refractivity contribution in [3.63, 3.8) is 0 Å². The molecule has 1 aromatic carbocycles. The van der Waals surface area contributed by atoms with Crippen molar-refractivity contribution in [3.8, 4) is 11.8 Å². The van der Waals surface area contributed by atoms with Crippen LogP contribution < -0.4 is 10.5 Å². The molecule has 1 heterocycles. The third kappa shape index (κ3) is 2.80. The molecule has 19 heavy (non-hydrogen) atoms. The van der Waals surface area contributed by atoms with Crippen LogP contribution in [0.1, 0.15) is 12.5 Å². The Hall–Kier alpha value is -2.19. The van der Waals surface area contributed by atoms with Crippen molar-refractivity contribution in [2.45, 2.75) is 6.92 Å². The average Bonchev–Trinajstić information content (AvgIpc) is 2.67. The van der Waals surface area contributed by atoms with Crippen LogP contribution in [0.5, 0.6) is 5.75 Å². The fourth-order valence-corrected chi connectivity index (χ4v) is 2.54. The molecule has 0 aliphatic carbocycles. The summed E-state index contributed by atoms with van der Waals surface area (Å²) in [6.45, 7) is 2.57. The molecule has 5 heteroatoms. The highest BCUT2D eigenvalue weighted by molar-refractivity contribution is 8.18. The van der Waals surface area contributed by atoms with E-state index in [2.05, 4.69) is 0 Å². The van der Waals surface area contributed by atoms with E-state index in [9.17, 15) is 0 Å². The van der Waals surface area contributed by atoms with Crippen molar-refractivity contribution in [1.29, 1.82) is 10.7 Å². The summed E-state index contributed by atoms with van der Waals surface area (Å²) in [4.78, 5) is 0.741. The van der Waals surface area contributed by atoms with E-state index in [1.165, 1.54) is 11.8 Å². The van der Waals surface area contributed by atoms with Crippen LogP contribution in [0, 0.1) is 16.7 Å². The molecule has 0 radical (unpaired) electrons. The number of ether oxygens (including phenoxy) is 1. The van der Waals surface area contributed by atoms with E-state index < -0.39 is 0 Å². The number of nitrogens with zero attached hydrogens (tertiary/aromatic N) is 1. The van der Waals surface area contributed by atoms with Gasteiger partial charge >= 0.3 is 0 Å². The lowest BCUT2D eigenvalue weighted by atomic mass is 10.1. The molecular formula is C14H13N3OS. The first kappa shape index (κ1) is 13.2. The molecule has 0 aromatic heterocycles. The van der Waals surface area contributed by atoms with Gasteiger partial charge in [0, 0.05) is 4.91 Å². The monoisotopic (exact) mass is 271 g/mol. The molecule has 0 spiro atoms. The van der Waals surface area contributed by atoms with Gasteiger partial charge < -0.3 is 10.5 Å². The largest absolute Gasteiger partial charge is 0.494 e. The second kappa shape index (κ2) is 5.63. The maximum absolute atomic E-state index is 8.90. The van der Waals surface area contributed by atoms with Crippen molar-refractivity contribution in [3.05, 3.63) is 46.0 Å². The molecule has 0 bridgehead atoms. The molecule has 0 fully saturated rings. The highest BCUT2D eigenvalue weighted by atomic mass is 32.2. The molecule has 0 saturated carbocycles.